The van der Waals surface area contributed by atoms with Crippen molar-refractivity contribution in [2.45, 2.75) is 25.1 Å². The first-order valence-corrected chi connectivity index (χ1v) is 10.6. The van der Waals surface area contributed by atoms with Gasteiger partial charge in [-0.05, 0) is 46.6 Å². The summed E-state index contributed by atoms with van der Waals surface area (Å²) in [6.07, 6.45) is 1.25. The van der Waals surface area contributed by atoms with E-state index >= 15 is 4.39 Å². The second kappa shape index (κ2) is 6.88. The molecule has 30 heavy (non-hydrogen) atoms. The molecule has 3 heterocycles. The van der Waals surface area contributed by atoms with Gasteiger partial charge in [0.2, 0.25) is 5.43 Å². The van der Waals surface area contributed by atoms with Crippen molar-refractivity contribution in [2.75, 3.05) is 38.1 Å². The third-order valence-electron chi connectivity index (χ3n) is 6.29. The smallest absolute Gasteiger partial charge is 0.341 e. The van der Waals surface area contributed by atoms with E-state index in [0.717, 1.165) is 25.6 Å². The Bertz CT molecular complexity index is 1190. The van der Waals surface area contributed by atoms with Crippen LogP contribution in [0.3, 0.4) is 0 Å². The molecule has 1 N–H and O–H groups in total. The number of anilines is 1. The predicted molar refractivity (Wildman–Crippen MR) is 113 cm³/mol. The number of carboxylic acid groups (broad SMARTS) is 1. The summed E-state index contributed by atoms with van der Waals surface area (Å²) in [5, 5.41) is 9.34. The molecule has 2 atom stereocenters. The molecule has 0 bridgehead atoms. The molecule has 0 saturated heterocycles. The van der Waals surface area contributed by atoms with Crippen molar-refractivity contribution in [3.63, 3.8) is 0 Å². The zero-order chi connectivity index (χ0) is 21.3. The van der Waals surface area contributed by atoms with Crippen LogP contribution in [0, 0.1) is 5.82 Å². The molecule has 5 rings (SSSR count). The van der Waals surface area contributed by atoms with Gasteiger partial charge in [0.1, 0.15) is 17.6 Å². The molecule has 0 amide bonds. The first-order chi connectivity index (χ1) is 14.3. The number of halogens is 3. The van der Waals surface area contributed by atoms with E-state index < -0.39 is 35.0 Å². The fourth-order valence-corrected chi connectivity index (χ4v) is 5.48. The average Bonchev–Trinajstić information content (AvgIpc) is 3.26. The van der Waals surface area contributed by atoms with E-state index in [-0.39, 0.29) is 11.8 Å². The predicted octanol–water partition coefficient (Wildman–Crippen LogP) is 3.34. The Morgan fingerprint density at radius 3 is 2.63 bits per heavy atom. The number of pyridine rings is 1. The van der Waals surface area contributed by atoms with Crippen molar-refractivity contribution >= 4 is 38.5 Å². The first kappa shape index (κ1) is 19.7. The van der Waals surface area contributed by atoms with Crippen LogP contribution in [0.5, 0.6) is 0 Å². The Morgan fingerprint density at radius 1 is 1.27 bits per heavy atom. The number of hydrogen-bond donors (Lipinski definition) is 1. The molecule has 1 saturated carbocycles. The highest BCUT2D eigenvalue weighted by Crippen LogP contribution is 2.45. The van der Waals surface area contributed by atoms with Gasteiger partial charge in [-0.3, -0.25) is 4.79 Å². The normalized spacial score (nSPS) is 23.9. The van der Waals surface area contributed by atoms with Crippen molar-refractivity contribution in [2.24, 2.45) is 0 Å². The molecule has 0 radical (unpaired) electrons. The molecular weight excluding hydrogens is 460 g/mol. The van der Waals surface area contributed by atoms with Gasteiger partial charge in [-0.25, -0.2) is 13.6 Å². The minimum absolute atomic E-state index is 0.0567. The largest absolute Gasteiger partial charge is 0.477 e. The van der Waals surface area contributed by atoms with Crippen molar-refractivity contribution < 1.29 is 18.7 Å². The monoisotopic (exact) mass is 479 g/mol. The van der Waals surface area contributed by atoms with E-state index in [1.807, 2.05) is 4.90 Å². The summed E-state index contributed by atoms with van der Waals surface area (Å²) in [5.74, 6) is -2.01. The third kappa shape index (κ3) is 2.98. The van der Waals surface area contributed by atoms with Crippen molar-refractivity contribution in [1.29, 1.82) is 0 Å². The topological polar surface area (TPSA) is 65.8 Å². The zero-order valence-electron chi connectivity index (χ0n) is 16.3. The lowest BCUT2D eigenvalue weighted by Gasteiger charge is -2.24. The van der Waals surface area contributed by atoms with Crippen LogP contribution in [0.2, 0.25) is 0 Å². The molecule has 6 nitrogen and oxygen atoms in total. The summed E-state index contributed by atoms with van der Waals surface area (Å²) < 4.78 is 31.0. The van der Waals surface area contributed by atoms with Crippen LogP contribution < -0.4 is 10.3 Å². The number of alkyl halides is 1. The van der Waals surface area contributed by atoms with E-state index in [9.17, 15) is 19.1 Å². The number of benzene rings is 1. The number of aromatic carboxylic acids is 1. The molecule has 2 aliphatic heterocycles. The van der Waals surface area contributed by atoms with Crippen molar-refractivity contribution in [3.8, 4) is 0 Å². The maximum atomic E-state index is 15.3. The van der Waals surface area contributed by atoms with E-state index in [1.165, 1.54) is 21.9 Å². The number of carbonyl (C=O) groups is 1. The van der Waals surface area contributed by atoms with Gasteiger partial charge in [0, 0.05) is 38.8 Å². The number of fused-ring (bicyclic) bond motifs is 1. The highest BCUT2D eigenvalue weighted by Gasteiger charge is 2.41. The maximum Gasteiger partial charge on any atom is 0.341 e. The Hall–Kier alpha value is -2.26. The average molecular weight is 480 g/mol. The zero-order valence-corrected chi connectivity index (χ0v) is 17.9. The lowest BCUT2D eigenvalue weighted by Crippen LogP contribution is -2.28. The van der Waals surface area contributed by atoms with Crippen LogP contribution in [-0.4, -0.2) is 59.9 Å². The van der Waals surface area contributed by atoms with Gasteiger partial charge in [0.25, 0.3) is 0 Å². The van der Waals surface area contributed by atoms with E-state index in [4.69, 9.17) is 0 Å². The number of hydrogen-bond acceptors (Lipinski definition) is 4. The molecule has 9 heteroatoms. The fraction of sp³-hybridized carbons (Fsp3) is 0.429. The third-order valence-corrected chi connectivity index (χ3v) is 7.04. The van der Waals surface area contributed by atoms with Gasteiger partial charge in [0.05, 0.1) is 27.1 Å². The van der Waals surface area contributed by atoms with Gasteiger partial charge < -0.3 is 19.5 Å². The molecule has 158 valence electrons. The lowest BCUT2D eigenvalue weighted by molar-refractivity contribution is 0.0694. The Labute approximate surface area is 179 Å². The van der Waals surface area contributed by atoms with E-state index in [1.54, 1.807) is 0 Å². The van der Waals surface area contributed by atoms with Gasteiger partial charge in [-0.1, -0.05) is 0 Å². The summed E-state index contributed by atoms with van der Waals surface area (Å²) >= 11 is 3.48. The summed E-state index contributed by atoms with van der Waals surface area (Å²) in [5.41, 5.74) is 2.00. The molecular formula is C21H20BrF2N3O3. The summed E-state index contributed by atoms with van der Waals surface area (Å²) in [7, 11) is 2.06. The molecule has 2 aromatic rings. The van der Waals surface area contributed by atoms with Crippen molar-refractivity contribution in [1.82, 2.24) is 9.47 Å². The molecule has 0 spiro atoms. The van der Waals surface area contributed by atoms with Crippen LogP contribution in [0.15, 0.2) is 32.7 Å². The number of carboxylic acids is 1. The second-order valence-electron chi connectivity index (χ2n) is 8.37. The standard InChI is InChI=1S/C21H20BrF2N3O3/c1-25-3-2-10-7-26(8-11(10)6-25)19-15(24)4-12-18(17(19)22)27(16-5-14(16)23)9-13(20(12)28)21(29)30/h4,9,14,16H,2-3,5-8H2,1H3,(H,29,30). The van der Waals surface area contributed by atoms with Crippen LogP contribution in [-0.2, 0) is 0 Å². The fourth-order valence-electron chi connectivity index (χ4n) is 4.62. The van der Waals surface area contributed by atoms with Crippen LogP contribution >= 0.6 is 15.9 Å². The second-order valence-corrected chi connectivity index (χ2v) is 9.16. The van der Waals surface area contributed by atoms with Gasteiger partial charge in [-0.2, -0.15) is 0 Å². The summed E-state index contributed by atoms with van der Waals surface area (Å²) in [6, 6.07) is 0.541. The van der Waals surface area contributed by atoms with E-state index in [2.05, 4.69) is 27.9 Å². The number of rotatable bonds is 3. The van der Waals surface area contributed by atoms with Crippen LogP contribution in [0.25, 0.3) is 10.9 Å². The van der Waals surface area contributed by atoms with Gasteiger partial charge in [0.15, 0.2) is 0 Å². The molecule has 1 fully saturated rings. The Kier molecular flexibility index (Phi) is 4.52. The number of nitrogens with zero attached hydrogens (tertiary/aromatic N) is 3. The quantitative estimate of drug-likeness (QED) is 0.683. The minimum Gasteiger partial charge on any atom is -0.477 e. The Balaban J connectivity index is 1.68. The first-order valence-electron chi connectivity index (χ1n) is 9.83. The Morgan fingerprint density at radius 2 is 1.97 bits per heavy atom. The molecule has 1 aromatic carbocycles. The van der Waals surface area contributed by atoms with Crippen LogP contribution in [0.1, 0.15) is 29.2 Å². The lowest BCUT2D eigenvalue weighted by atomic mass is 10.0. The molecule has 1 aliphatic carbocycles. The number of likely N-dealkylation sites (N-methyl/N-ethyl adjacent to an activating group) is 1. The van der Waals surface area contributed by atoms with Gasteiger partial charge >= 0.3 is 5.97 Å². The highest BCUT2D eigenvalue weighted by molar-refractivity contribution is 9.10. The number of aromatic nitrogens is 1. The SMILES string of the molecule is CN1CCC2=C(C1)CN(c1c(F)cc3c(=O)c(C(=O)O)cn(C4CC4F)c3c1Br)C2. The molecule has 1 aromatic heterocycles. The summed E-state index contributed by atoms with van der Waals surface area (Å²) in [6.45, 7) is 3.01. The van der Waals surface area contributed by atoms with Crippen LogP contribution in [0.4, 0.5) is 14.5 Å². The maximum absolute atomic E-state index is 15.3. The van der Waals surface area contributed by atoms with Crippen molar-refractivity contribution in [3.05, 3.63) is 49.5 Å². The van der Waals surface area contributed by atoms with E-state index in [0.29, 0.717) is 28.8 Å². The molecule has 2 unspecified atom stereocenters. The minimum atomic E-state index is -1.41. The highest BCUT2D eigenvalue weighted by atomic mass is 79.9. The molecule has 3 aliphatic rings. The summed E-state index contributed by atoms with van der Waals surface area (Å²) in [4.78, 5) is 28.4. The van der Waals surface area contributed by atoms with Gasteiger partial charge in [-0.15, -0.1) is 0 Å².